The topological polar surface area (TPSA) is 45.5 Å². The Hall–Kier alpha value is -6.14. The molecule has 0 aliphatic heterocycles. The van der Waals surface area contributed by atoms with Gasteiger partial charge < -0.3 is 18.3 Å². The Labute approximate surface area is 259 Å². The van der Waals surface area contributed by atoms with Gasteiger partial charge in [-0.25, -0.2) is 4.98 Å². The zero-order valence-corrected chi connectivity index (χ0v) is 24.6. The van der Waals surface area contributed by atoms with Crippen LogP contribution in [-0.2, 0) is 7.05 Å². The summed E-state index contributed by atoms with van der Waals surface area (Å²) in [6.45, 7) is 0. The lowest BCUT2D eigenvalue weighted by Gasteiger charge is -2.17. The molecule has 45 heavy (non-hydrogen) atoms. The molecule has 0 unspecified atom stereocenters. The van der Waals surface area contributed by atoms with Gasteiger partial charge in [-0.05, 0) is 84.9 Å². The van der Waals surface area contributed by atoms with E-state index < -0.39 is 0 Å². The van der Waals surface area contributed by atoms with Gasteiger partial charge in [0.25, 0.3) is 0 Å². The van der Waals surface area contributed by atoms with Crippen molar-refractivity contribution in [1.29, 1.82) is 0 Å². The summed E-state index contributed by atoms with van der Waals surface area (Å²) in [5.74, 6) is 0.941. The zero-order valence-electron chi connectivity index (χ0n) is 24.6. The minimum absolute atomic E-state index is 0.939. The van der Waals surface area contributed by atoms with Gasteiger partial charge in [0.15, 0.2) is 0 Å². The molecule has 214 valence electrons. The molecule has 5 heterocycles. The Morgan fingerprint density at radius 2 is 1.31 bits per heavy atom. The molecule has 0 fully saturated rings. The summed E-state index contributed by atoms with van der Waals surface area (Å²) in [6, 6.07) is 42.7. The van der Waals surface area contributed by atoms with Crippen molar-refractivity contribution in [3.8, 4) is 39.7 Å². The fourth-order valence-corrected chi connectivity index (χ4v) is 6.59. The van der Waals surface area contributed by atoms with Gasteiger partial charge in [-0.15, -0.1) is 0 Å². The summed E-state index contributed by atoms with van der Waals surface area (Å²) < 4.78 is 8.92. The van der Waals surface area contributed by atoms with Gasteiger partial charge in [0, 0.05) is 65.6 Å². The molecule has 6 nitrogen and oxygen atoms in total. The van der Waals surface area contributed by atoms with E-state index in [4.69, 9.17) is 4.98 Å². The zero-order chi connectivity index (χ0) is 29.9. The lowest BCUT2D eigenvalue weighted by molar-refractivity contribution is 0.959. The third-order valence-corrected chi connectivity index (χ3v) is 8.76. The van der Waals surface area contributed by atoms with E-state index in [-0.39, 0.29) is 0 Å². The third kappa shape index (κ3) is 4.03. The summed E-state index contributed by atoms with van der Waals surface area (Å²) in [5.41, 5.74) is 10.7. The first-order chi connectivity index (χ1) is 22.2. The fraction of sp³-hybridized carbons (Fsp3) is 0.0256. The number of nitrogens with zero attached hydrogens (tertiary/aromatic N) is 6. The molecular formula is C39H28N6. The van der Waals surface area contributed by atoms with Crippen LogP contribution in [0.2, 0.25) is 0 Å². The lowest BCUT2D eigenvalue weighted by Crippen LogP contribution is -2.03. The Bertz CT molecular complexity index is 2480. The highest BCUT2D eigenvalue weighted by Crippen LogP contribution is 2.38. The van der Waals surface area contributed by atoms with E-state index in [1.807, 2.05) is 24.4 Å². The summed E-state index contributed by atoms with van der Waals surface area (Å²) in [4.78, 5) is 9.73. The second-order valence-electron chi connectivity index (χ2n) is 11.4. The SMILES string of the molecule is Cn1c(-c2ccc3c4cc(-n5cccc5)ccc4n(-c4cc(-c5ccccn5)ccc4-n4cccc4)c3c2)nc2ccccc21. The summed E-state index contributed by atoms with van der Waals surface area (Å²) in [5, 5.41) is 2.37. The molecule has 0 aliphatic carbocycles. The normalized spacial score (nSPS) is 11.7. The van der Waals surface area contributed by atoms with E-state index in [0.29, 0.717) is 0 Å². The average molecular weight is 581 g/mol. The average Bonchev–Trinajstić information content (AvgIpc) is 3.91. The number of rotatable bonds is 5. The monoisotopic (exact) mass is 580 g/mol. The predicted molar refractivity (Wildman–Crippen MR) is 182 cm³/mol. The first kappa shape index (κ1) is 25.4. The Kier molecular flexibility index (Phi) is 5.62. The first-order valence-electron chi connectivity index (χ1n) is 15.1. The van der Waals surface area contributed by atoms with Gasteiger partial charge >= 0.3 is 0 Å². The minimum atomic E-state index is 0.939. The second kappa shape index (κ2) is 9.96. The van der Waals surface area contributed by atoms with Crippen LogP contribution >= 0.6 is 0 Å². The van der Waals surface area contributed by atoms with E-state index >= 15 is 0 Å². The maximum atomic E-state index is 5.04. The van der Waals surface area contributed by atoms with E-state index in [2.05, 4.69) is 158 Å². The van der Waals surface area contributed by atoms with E-state index in [0.717, 1.165) is 61.8 Å². The number of pyridine rings is 1. The summed E-state index contributed by atoms with van der Waals surface area (Å²) in [6.07, 6.45) is 10.2. The molecule has 0 amide bonds. The van der Waals surface area contributed by atoms with Crippen LogP contribution in [0.5, 0.6) is 0 Å². The molecule has 9 aromatic rings. The van der Waals surface area contributed by atoms with Crippen LogP contribution in [0.1, 0.15) is 0 Å². The molecule has 9 rings (SSSR count). The predicted octanol–water partition coefficient (Wildman–Crippen LogP) is 8.98. The number of aryl methyl sites for hydroxylation is 1. The van der Waals surface area contributed by atoms with Crippen LogP contribution in [0.15, 0.2) is 152 Å². The van der Waals surface area contributed by atoms with Crippen LogP contribution in [-0.4, -0.2) is 28.2 Å². The second-order valence-corrected chi connectivity index (χ2v) is 11.4. The van der Waals surface area contributed by atoms with E-state index in [1.54, 1.807) is 0 Å². The Morgan fingerprint density at radius 3 is 2.11 bits per heavy atom. The standard InChI is InChI=1S/C39H28N6/c1-42-35-12-3-2-11-33(35)41-39(42)28-13-16-30-31-26-29(43-20-6-7-21-43)15-18-34(31)45(37(30)25-28)38-24-27(32-10-4-5-19-40-32)14-17-36(38)44-22-8-9-23-44/h2-26H,1H3. The smallest absolute Gasteiger partial charge is 0.140 e. The number of hydrogen-bond acceptors (Lipinski definition) is 2. The van der Waals surface area contributed by atoms with Crippen molar-refractivity contribution in [3.63, 3.8) is 0 Å². The molecule has 4 aromatic carbocycles. The quantitative estimate of drug-likeness (QED) is 0.204. The number of aromatic nitrogens is 6. The van der Waals surface area contributed by atoms with Crippen molar-refractivity contribution in [2.45, 2.75) is 0 Å². The van der Waals surface area contributed by atoms with E-state index in [1.165, 1.54) is 10.8 Å². The molecule has 0 spiro atoms. The van der Waals surface area contributed by atoms with Crippen molar-refractivity contribution < 1.29 is 0 Å². The van der Waals surface area contributed by atoms with Gasteiger partial charge in [-0.3, -0.25) is 4.98 Å². The molecule has 0 aliphatic rings. The van der Waals surface area contributed by atoms with Crippen LogP contribution in [0.3, 0.4) is 0 Å². The number of fused-ring (bicyclic) bond motifs is 4. The van der Waals surface area contributed by atoms with Crippen molar-refractivity contribution in [1.82, 2.24) is 28.2 Å². The Morgan fingerprint density at radius 1 is 0.533 bits per heavy atom. The van der Waals surface area contributed by atoms with Crippen molar-refractivity contribution in [3.05, 3.63) is 152 Å². The lowest BCUT2D eigenvalue weighted by atomic mass is 10.1. The van der Waals surface area contributed by atoms with Crippen LogP contribution < -0.4 is 0 Å². The number of para-hydroxylation sites is 2. The molecule has 6 heteroatoms. The van der Waals surface area contributed by atoms with Crippen LogP contribution in [0.25, 0.3) is 72.5 Å². The molecule has 0 bridgehead atoms. The van der Waals surface area contributed by atoms with Gasteiger partial charge in [0.1, 0.15) is 5.82 Å². The van der Waals surface area contributed by atoms with Crippen molar-refractivity contribution in [2.75, 3.05) is 0 Å². The molecule has 0 saturated carbocycles. The van der Waals surface area contributed by atoms with Gasteiger partial charge in [0.05, 0.1) is 39.1 Å². The van der Waals surface area contributed by atoms with E-state index in [9.17, 15) is 0 Å². The maximum Gasteiger partial charge on any atom is 0.140 e. The molecule has 0 N–H and O–H groups in total. The molecule has 0 radical (unpaired) electrons. The Balaban J connectivity index is 1.37. The largest absolute Gasteiger partial charge is 0.327 e. The van der Waals surface area contributed by atoms with Crippen molar-refractivity contribution >= 4 is 32.8 Å². The minimum Gasteiger partial charge on any atom is -0.327 e. The highest BCUT2D eigenvalue weighted by molar-refractivity contribution is 6.11. The van der Waals surface area contributed by atoms with Crippen LogP contribution in [0, 0.1) is 0 Å². The summed E-state index contributed by atoms with van der Waals surface area (Å²) in [7, 11) is 2.09. The maximum absolute atomic E-state index is 5.04. The molecule has 0 saturated heterocycles. The van der Waals surface area contributed by atoms with Gasteiger partial charge in [-0.1, -0.05) is 36.4 Å². The first-order valence-corrected chi connectivity index (χ1v) is 15.1. The summed E-state index contributed by atoms with van der Waals surface area (Å²) >= 11 is 0. The highest BCUT2D eigenvalue weighted by Gasteiger charge is 2.19. The third-order valence-electron chi connectivity index (χ3n) is 8.76. The number of benzene rings is 4. The van der Waals surface area contributed by atoms with Gasteiger partial charge in [-0.2, -0.15) is 0 Å². The van der Waals surface area contributed by atoms with Crippen molar-refractivity contribution in [2.24, 2.45) is 7.05 Å². The number of imidazole rings is 1. The van der Waals surface area contributed by atoms with Gasteiger partial charge in [0.2, 0.25) is 0 Å². The molecular weight excluding hydrogens is 552 g/mol. The molecule has 0 atom stereocenters. The molecule has 5 aromatic heterocycles. The fourth-order valence-electron chi connectivity index (χ4n) is 6.59. The highest BCUT2D eigenvalue weighted by atomic mass is 15.1. The van der Waals surface area contributed by atoms with Crippen LogP contribution in [0.4, 0.5) is 0 Å². The number of hydrogen-bond donors (Lipinski definition) is 0.